The van der Waals surface area contributed by atoms with Gasteiger partial charge in [-0.25, -0.2) is 14.8 Å². The summed E-state index contributed by atoms with van der Waals surface area (Å²) in [7, 11) is 1.31. The molecular formula is C41H39N7O4. The molecule has 4 aromatic carbocycles. The molecule has 52 heavy (non-hydrogen) atoms. The van der Waals surface area contributed by atoms with Gasteiger partial charge >= 0.3 is 6.09 Å². The number of carbonyl (C=O) groups is 3. The van der Waals surface area contributed by atoms with Gasteiger partial charge in [-0.2, -0.15) is 0 Å². The first-order valence-electron chi connectivity index (χ1n) is 18.1. The van der Waals surface area contributed by atoms with Gasteiger partial charge < -0.3 is 29.8 Å². The van der Waals surface area contributed by atoms with E-state index in [9.17, 15) is 14.4 Å². The van der Waals surface area contributed by atoms with E-state index in [1.54, 1.807) is 0 Å². The molecule has 0 spiro atoms. The summed E-state index contributed by atoms with van der Waals surface area (Å²) in [6.07, 6.45) is 4.44. The van der Waals surface area contributed by atoms with Crippen LogP contribution in [-0.4, -0.2) is 73.4 Å². The van der Waals surface area contributed by atoms with Crippen LogP contribution in [0.2, 0.25) is 0 Å². The van der Waals surface area contributed by atoms with Crippen molar-refractivity contribution in [3.05, 3.63) is 108 Å². The fourth-order valence-electron chi connectivity index (χ4n) is 8.40. The second-order valence-corrected chi connectivity index (χ2v) is 14.1. The minimum atomic E-state index is -0.588. The lowest BCUT2D eigenvalue weighted by Crippen LogP contribution is -2.54. The molecule has 11 nitrogen and oxygen atoms in total. The van der Waals surface area contributed by atoms with Crippen molar-refractivity contribution in [1.82, 2.24) is 35.1 Å². The Kier molecular flexibility index (Phi) is 7.98. The summed E-state index contributed by atoms with van der Waals surface area (Å²) in [5.41, 5.74) is 8.63. The third-order valence-corrected chi connectivity index (χ3v) is 11.0. The number of piperidine rings is 1. The highest BCUT2D eigenvalue weighted by molar-refractivity contribution is 5.95. The zero-order valence-electron chi connectivity index (χ0n) is 28.8. The maximum absolute atomic E-state index is 13.4. The molecular weight excluding hydrogens is 654 g/mol. The Bertz CT molecular complexity index is 2310. The van der Waals surface area contributed by atoms with Gasteiger partial charge in [-0.1, -0.05) is 54.6 Å². The van der Waals surface area contributed by atoms with E-state index in [2.05, 4.69) is 63.8 Å². The van der Waals surface area contributed by atoms with E-state index in [0.29, 0.717) is 12.0 Å². The number of amides is 3. The number of carbonyl (C=O) groups excluding carboxylic acids is 3. The molecule has 3 N–H and O–H groups in total. The van der Waals surface area contributed by atoms with E-state index in [1.165, 1.54) is 7.11 Å². The molecule has 0 saturated carbocycles. The van der Waals surface area contributed by atoms with Crippen molar-refractivity contribution in [3.63, 3.8) is 0 Å². The van der Waals surface area contributed by atoms with E-state index in [-0.39, 0.29) is 29.9 Å². The van der Waals surface area contributed by atoms with Crippen molar-refractivity contribution >= 4 is 40.0 Å². The third kappa shape index (κ3) is 5.66. The van der Waals surface area contributed by atoms with Crippen molar-refractivity contribution in [2.75, 3.05) is 13.7 Å². The summed E-state index contributed by atoms with van der Waals surface area (Å²) >= 11 is 0. The Balaban J connectivity index is 0.921. The van der Waals surface area contributed by atoms with Gasteiger partial charge in [0.05, 0.1) is 41.3 Å². The van der Waals surface area contributed by atoms with Crippen LogP contribution >= 0.6 is 0 Å². The van der Waals surface area contributed by atoms with E-state index < -0.39 is 12.1 Å². The predicted octanol–water partition coefficient (Wildman–Crippen LogP) is 7.30. The number of hydrogen-bond acceptors (Lipinski definition) is 6. The Labute approximate surface area is 300 Å². The van der Waals surface area contributed by atoms with Crippen LogP contribution in [0.15, 0.2) is 91.0 Å². The highest BCUT2D eigenvalue weighted by Gasteiger charge is 2.45. The fourth-order valence-corrected chi connectivity index (χ4v) is 8.40. The number of rotatable bonds is 6. The number of nitrogens with one attached hydrogen (secondary N) is 3. The highest BCUT2D eigenvalue weighted by atomic mass is 16.5. The molecule has 4 atom stereocenters. The summed E-state index contributed by atoms with van der Waals surface area (Å²) < 4.78 is 4.74. The number of aromatic amines is 2. The molecule has 5 heterocycles. The van der Waals surface area contributed by atoms with Crippen molar-refractivity contribution in [3.8, 4) is 22.3 Å². The molecule has 262 valence electrons. The first-order valence-corrected chi connectivity index (χ1v) is 18.1. The summed E-state index contributed by atoms with van der Waals surface area (Å²) in [6, 6.07) is 29.8. The summed E-state index contributed by atoms with van der Waals surface area (Å²) in [4.78, 5) is 59.3. The van der Waals surface area contributed by atoms with Crippen LogP contribution in [-0.2, 0) is 9.53 Å². The van der Waals surface area contributed by atoms with Gasteiger partial charge in [0.15, 0.2) is 0 Å². The van der Waals surface area contributed by atoms with Gasteiger partial charge in [0.25, 0.3) is 5.91 Å². The van der Waals surface area contributed by atoms with Crippen LogP contribution in [0.3, 0.4) is 0 Å². The number of aromatic nitrogens is 4. The minimum absolute atomic E-state index is 0.0434. The monoisotopic (exact) mass is 693 g/mol. The molecule has 6 aromatic rings. The Hall–Kier alpha value is -5.97. The van der Waals surface area contributed by atoms with Crippen LogP contribution in [0.25, 0.3) is 44.3 Å². The van der Waals surface area contributed by atoms with Crippen LogP contribution in [0.1, 0.15) is 72.6 Å². The lowest BCUT2D eigenvalue weighted by atomic mass is 9.98. The van der Waals surface area contributed by atoms with Crippen molar-refractivity contribution in [2.45, 2.75) is 62.7 Å². The maximum Gasteiger partial charge on any atom is 0.407 e. The maximum atomic E-state index is 13.4. The fraction of sp³-hybridized carbons (Fsp3) is 0.293. The average Bonchev–Trinajstić information content (AvgIpc) is 4.00. The number of H-pyrrole nitrogens is 2. The van der Waals surface area contributed by atoms with Gasteiger partial charge in [0, 0.05) is 18.2 Å². The Morgan fingerprint density at radius 1 is 0.731 bits per heavy atom. The van der Waals surface area contributed by atoms with Gasteiger partial charge in [-0.15, -0.1) is 0 Å². The third-order valence-electron chi connectivity index (χ3n) is 11.0. The second-order valence-electron chi connectivity index (χ2n) is 14.1. The number of methoxy groups -OCH3 is 1. The minimum Gasteiger partial charge on any atom is -0.453 e. The van der Waals surface area contributed by atoms with Gasteiger partial charge in [-0.3, -0.25) is 9.59 Å². The summed E-state index contributed by atoms with van der Waals surface area (Å²) in [6.45, 7) is 0.722. The molecule has 9 rings (SSSR count). The Morgan fingerprint density at radius 3 is 1.96 bits per heavy atom. The van der Waals surface area contributed by atoms with Crippen LogP contribution in [0, 0.1) is 0 Å². The number of hydrogen-bond donors (Lipinski definition) is 3. The molecule has 11 heteroatoms. The van der Waals surface area contributed by atoms with Crippen LogP contribution < -0.4 is 5.32 Å². The van der Waals surface area contributed by atoms with E-state index in [4.69, 9.17) is 14.7 Å². The quantitative estimate of drug-likeness (QED) is 0.168. The molecule has 2 aromatic heterocycles. The van der Waals surface area contributed by atoms with Gasteiger partial charge in [0.2, 0.25) is 5.91 Å². The standard InChI is InChI=1S/C41H39N7O4/c1-52-41(51)46-32-19-15-29-16-20-36(48(29)40(32)50)38-43-31-18-14-28(23-34(31)45-38)25-11-9-24(10-12-25)27-13-17-30-33(22-27)44-37(42-30)35-8-5-21-47(35)39(49)26-6-3-2-4-7-26/h2-4,6-7,9-14,17-18,22-23,29,32,35-36H,5,8,15-16,19-21H2,1H3,(H,42,44)(H,43,45)(H,46,51)/t29-,32-,35-,36-/m0/s1. The topological polar surface area (TPSA) is 136 Å². The summed E-state index contributed by atoms with van der Waals surface area (Å²) in [5.74, 6) is 1.57. The molecule has 3 aliphatic heterocycles. The number of fused-ring (bicyclic) bond motifs is 3. The van der Waals surface area contributed by atoms with Gasteiger partial charge in [-0.05, 0) is 97.2 Å². The second kappa shape index (κ2) is 13.0. The number of nitrogens with zero attached hydrogens (tertiary/aromatic N) is 4. The molecule has 3 saturated heterocycles. The first-order chi connectivity index (χ1) is 25.4. The number of imidazole rings is 2. The van der Waals surface area contributed by atoms with E-state index >= 15 is 0 Å². The predicted molar refractivity (Wildman–Crippen MR) is 197 cm³/mol. The van der Waals surface area contributed by atoms with Gasteiger partial charge in [0.1, 0.15) is 17.7 Å². The van der Waals surface area contributed by atoms with Crippen molar-refractivity contribution in [1.29, 1.82) is 0 Å². The molecule has 0 bridgehead atoms. The molecule has 0 aliphatic carbocycles. The van der Waals surface area contributed by atoms with Crippen molar-refractivity contribution in [2.24, 2.45) is 0 Å². The molecule has 3 amide bonds. The number of alkyl carbamates (subject to hydrolysis) is 1. The summed E-state index contributed by atoms with van der Waals surface area (Å²) in [5, 5.41) is 2.70. The SMILES string of the molecule is COC(=O)N[C@H]1CC[C@H]2CC[C@@H](c3nc4ccc(-c5ccc(-c6ccc7nc([C@@H]8CCCN8C(=O)c8ccccc8)[nH]c7c6)cc5)cc4[nH]3)N2C1=O. The average molecular weight is 694 g/mol. The first kappa shape index (κ1) is 32.0. The zero-order chi connectivity index (χ0) is 35.3. The normalized spacial score (nSPS) is 21.5. The molecule has 0 unspecified atom stereocenters. The van der Waals surface area contributed by atoms with Crippen LogP contribution in [0.5, 0.6) is 0 Å². The number of likely N-dealkylation sites (tertiary alicyclic amines) is 1. The largest absolute Gasteiger partial charge is 0.453 e. The van der Waals surface area contributed by atoms with Crippen molar-refractivity contribution < 1.29 is 19.1 Å². The van der Waals surface area contributed by atoms with Crippen LogP contribution in [0.4, 0.5) is 4.79 Å². The molecule has 0 radical (unpaired) electrons. The zero-order valence-corrected chi connectivity index (χ0v) is 28.8. The molecule has 3 aliphatic rings. The lowest BCUT2D eigenvalue weighted by molar-refractivity contribution is -0.139. The number of ether oxygens (including phenoxy) is 1. The van der Waals surface area contributed by atoms with E-state index in [1.807, 2.05) is 52.3 Å². The smallest absolute Gasteiger partial charge is 0.407 e. The Morgan fingerprint density at radius 2 is 1.33 bits per heavy atom. The molecule has 3 fully saturated rings. The number of benzene rings is 4. The van der Waals surface area contributed by atoms with E-state index in [0.717, 1.165) is 94.6 Å². The highest BCUT2D eigenvalue weighted by Crippen LogP contribution is 2.41. The lowest BCUT2D eigenvalue weighted by Gasteiger charge is -2.37.